The van der Waals surface area contributed by atoms with Crippen LogP contribution in [0.1, 0.15) is 30.3 Å². The molecule has 5 heteroatoms. The Kier molecular flexibility index (Phi) is 3.74. The predicted octanol–water partition coefficient (Wildman–Crippen LogP) is 1.90. The fourth-order valence-corrected chi connectivity index (χ4v) is 2.59. The fourth-order valence-electron chi connectivity index (χ4n) is 2.43. The van der Waals surface area contributed by atoms with Gasteiger partial charge in [0.2, 0.25) is 0 Å². The third-order valence-electron chi connectivity index (χ3n) is 3.44. The maximum Gasteiger partial charge on any atom is 0.270 e. The zero-order chi connectivity index (χ0) is 12.4. The van der Waals surface area contributed by atoms with Crippen LogP contribution in [0.2, 0.25) is 5.02 Å². The van der Waals surface area contributed by atoms with Crippen molar-refractivity contribution in [1.82, 2.24) is 9.88 Å². The lowest BCUT2D eigenvalue weighted by molar-refractivity contribution is 0.0354. The van der Waals surface area contributed by atoms with Gasteiger partial charge in [0.25, 0.3) is 5.91 Å². The molecule has 2 atom stereocenters. The van der Waals surface area contributed by atoms with Crippen LogP contribution in [-0.2, 0) is 0 Å². The van der Waals surface area contributed by atoms with Gasteiger partial charge < -0.3 is 15.0 Å². The lowest BCUT2D eigenvalue weighted by atomic mass is 9.91. The van der Waals surface area contributed by atoms with E-state index in [0.717, 1.165) is 12.8 Å². The van der Waals surface area contributed by atoms with Crippen LogP contribution in [-0.4, -0.2) is 40.1 Å². The first-order valence-corrected chi connectivity index (χ1v) is 6.27. The number of aliphatic hydroxyl groups is 1. The van der Waals surface area contributed by atoms with Gasteiger partial charge in [-0.05, 0) is 24.8 Å². The van der Waals surface area contributed by atoms with E-state index in [1.54, 1.807) is 17.2 Å². The lowest BCUT2D eigenvalue weighted by Gasteiger charge is -2.38. The number of hydrogen-bond donors (Lipinski definition) is 2. The number of aliphatic hydroxyl groups excluding tert-OH is 1. The first-order valence-electron chi connectivity index (χ1n) is 5.89. The molecule has 1 aliphatic heterocycles. The largest absolute Gasteiger partial charge is 0.394 e. The molecule has 1 aromatic heterocycles. The van der Waals surface area contributed by atoms with E-state index < -0.39 is 0 Å². The van der Waals surface area contributed by atoms with Crippen LogP contribution in [0.15, 0.2) is 12.3 Å². The van der Waals surface area contributed by atoms with Crippen molar-refractivity contribution in [1.29, 1.82) is 0 Å². The highest BCUT2D eigenvalue weighted by Crippen LogP contribution is 2.25. The molecular weight excluding hydrogens is 240 g/mol. The Balaban J connectivity index is 2.17. The Morgan fingerprint density at radius 2 is 2.47 bits per heavy atom. The Morgan fingerprint density at radius 1 is 1.71 bits per heavy atom. The molecule has 2 unspecified atom stereocenters. The van der Waals surface area contributed by atoms with E-state index in [2.05, 4.69) is 11.9 Å². The van der Waals surface area contributed by atoms with Gasteiger partial charge in [0.1, 0.15) is 5.69 Å². The summed E-state index contributed by atoms with van der Waals surface area (Å²) in [4.78, 5) is 16.9. The van der Waals surface area contributed by atoms with Gasteiger partial charge in [-0.3, -0.25) is 4.79 Å². The van der Waals surface area contributed by atoms with Crippen molar-refractivity contribution in [3.05, 3.63) is 23.0 Å². The Hall–Kier alpha value is -1.00. The molecule has 1 aliphatic rings. The quantitative estimate of drug-likeness (QED) is 0.849. The molecule has 0 saturated carbocycles. The van der Waals surface area contributed by atoms with Crippen molar-refractivity contribution >= 4 is 17.5 Å². The minimum Gasteiger partial charge on any atom is -0.394 e. The molecule has 2 N–H and O–H groups in total. The average Bonchev–Trinajstić information content (AvgIpc) is 2.74. The molecule has 94 valence electrons. The number of carbonyl (C=O) groups excluding carboxylic acids is 1. The van der Waals surface area contributed by atoms with E-state index in [9.17, 15) is 9.90 Å². The summed E-state index contributed by atoms with van der Waals surface area (Å²) in [5.41, 5.74) is 0.488. The maximum atomic E-state index is 12.3. The first kappa shape index (κ1) is 12.5. The van der Waals surface area contributed by atoms with Gasteiger partial charge in [-0.25, -0.2) is 0 Å². The lowest BCUT2D eigenvalue weighted by Crippen LogP contribution is -2.49. The highest BCUT2D eigenvalue weighted by Gasteiger charge is 2.32. The van der Waals surface area contributed by atoms with E-state index in [4.69, 9.17) is 11.6 Å². The summed E-state index contributed by atoms with van der Waals surface area (Å²) >= 11 is 5.79. The number of piperidine rings is 1. The van der Waals surface area contributed by atoms with E-state index in [0.29, 0.717) is 23.2 Å². The predicted molar refractivity (Wildman–Crippen MR) is 66.1 cm³/mol. The molecule has 2 rings (SSSR count). The van der Waals surface area contributed by atoms with Crippen LogP contribution in [0.3, 0.4) is 0 Å². The van der Waals surface area contributed by atoms with Gasteiger partial charge in [-0.1, -0.05) is 18.5 Å². The smallest absolute Gasteiger partial charge is 0.270 e. The van der Waals surface area contributed by atoms with Gasteiger partial charge in [-0.2, -0.15) is 0 Å². The van der Waals surface area contributed by atoms with E-state index in [1.807, 2.05) is 0 Å². The molecule has 0 aromatic carbocycles. The standard InChI is InChI=1S/C12H17ClN2O2/c1-8-3-2-4-15(11(8)7-16)12(17)10-5-9(13)6-14-10/h5-6,8,11,14,16H,2-4,7H2,1H3. The maximum absolute atomic E-state index is 12.3. The molecule has 0 spiro atoms. The number of halogens is 1. The Morgan fingerprint density at radius 3 is 3.06 bits per heavy atom. The summed E-state index contributed by atoms with van der Waals surface area (Å²) in [5.74, 6) is 0.255. The summed E-state index contributed by atoms with van der Waals surface area (Å²) in [5, 5.41) is 9.93. The zero-order valence-corrected chi connectivity index (χ0v) is 10.6. The van der Waals surface area contributed by atoms with Gasteiger partial charge in [0.15, 0.2) is 0 Å². The number of aromatic nitrogens is 1. The number of aromatic amines is 1. The third kappa shape index (κ3) is 2.48. The van der Waals surface area contributed by atoms with E-state index >= 15 is 0 Å². The van der Waals surface area contributed by atoms with Crippen molar-refractivity contribution in [3.8, 4) is 0 Å². The van der Waals surface area contributed by atoms with Crippen molar-refractivity contribution in [2.45, 2.75) is 25.8 Å². The number of amides is 1. The van der Waals surface area contributed by atoms with Crippen molar-refractivity contribution in [2.75, 3.05) is 13.2 Å². The van der Waals surface area contributed by atoms with Crippen LogP contribution < -0.4 is 0 Å². The first-order chi connectivity index (χ1) is 8.13. The van der Waals surface area contributed by atoms with Gasteiger partial charge in [-0.15, -0.1) is 0 Å². The number of hydrogen-bond acceptors (Lipinski definition) is 2. The van der Waals surface area contributed by atoms with Crippen LogP contribution in [0, 0.1) is 5.92 Å². The molecule has 1 fully saturated rings. The third-order valence-corrected chi connectivity index (χ3v) is 3.66. The van der Waals surface area contributed by atoms with Crippen molar-refractivity contribution in [2.24, 2.45) is 5.92 Å². The summed E-state index contributed by atoms with van der Waals surface area (Å²) in [6, 6.07) is 1.54. The second kappa shape index (κ2) is 5.10. The van der Waals surface area contributed by atoms with Gasteiger partial charge >= 0.3 is 0 Å². The van der Waals surface area contributed by atoms with Crippen molar-refractivity contribution in [3.63, 3.8) is 0 Å². The monoisotopic (exact) mass is 256 g/mol. The molecule has 17 heavy (non-hydrogen) atoms. The Labute approximate surface area is 106 Å². The molecule has 4 nitrogen and oxygen atoms in total. The van der Waals surface area contributed by atoms with Crippen LogP contribution >= 0.6 is 11.6 Å². The summed E-state index contributed by atoms with van der Waals surface area (Å²) in [6.45, 7) is 2.79. The summed E-state index contributed by atoms with van der Waals surface area (Å²) < 4.78 is 0. The minimum atomic E-state index is -0.0849. The number of carbonyl (C=O) groups is 1. The molecule has 1 amide bonds. The number of H-pyrrole nitrogens is 1. The number of nitrogens with one attached hydrogen (secondary N) is 1. The van der Waals surface area contributed by atoms with E-state index in [-0.39, 0.29) is 18.6 Å². The Bertz CT molecular complexity index is 405. The number of rotatable bonds is 2. The van der Waals surface area contributed by atoms with Gasteiger partial charge in [0.05, 0.1) is 17.7 Å². The van der Waals surface area contributed by atoms with Crippen LogP contribution in [0.25, 0.3) is 0 Å². The van der Waals surface area contributed by atoms with E-state index in [1.165, 1.54) is 0 Å². The second-order valence-electron chi connectivity index (χ2n) is 4.60. The average molecular weight is 257 g/mol. The van der Waals surface area contributed by atoms with Crippen molar-refractivity contribution < 1.29 is 9.90 Å². The second-order valence-corrected chi connectivity index (χ2v) is 5.04. The molecular formula is C12H17ClN2O2. The fraction of sp³-hybridized carbons (Fsp3) is 0.583. The minimum absolute atomic E-state index is 0.0152. The number of likely N-dealkylation sites (tertiary alicyclic amines) is 1. The molecule has 0 aliphatic carbocycles. The molecule has 2 heterocycles. The number of nitrogens with zero attached hydrogens (tertiary/aromatic N) is 1. The normalized spacial score (nSPS) is 25.0. The highest BCUT2D eigenvalue weighted by atomic mass is 35.5. The van der Waals surface area contributed by atoms with Crippen LogP contribution in [0.5, 0.6) is 0 Å². The molecule has 0 bridgehead atoms. The summed E-state index contributed by atoms with van der Waals surface area (Å²) in [6.07, 6.45) is 3.63. The SMILES string of the molecule is CC1CCCN(C(=O)c2cc(Cl)c[nH]2)C1CO. The summed E-state index contributed by atoms with van der Waals surface area (Å²) in [7, 11) is 0. The zero-order valence-electron chi connectivity index (χ0n) is 9.82. The molecule has 1 saturated heterocycles. The van der Waals surface area contributed by atoms with Gasteiger partial charge in [0, 0.05) is 12.7 Å². The highest BCUT2D eigenvalue weighted by molar-refractivity contribution is 6.30. The topological polar surface area (TPSA) is 56.3 Å². The molecule has 0 radical (unpaired) electrons. The molecule has 1 aromatic rings. The van der Waals surface area contributed by atoms with Crippen LogP contribution in [0.4, 0.5) is 0 Å².